The van der Waals surface area contributed by atoms with E-state index < -0.39 is 0 Å². The van der Waals surface area contributed by atoms with E-state index in [1.54, 1.807) is 0 Å². The van der Waals surface area contributed by atoms with Crippen molar-refractivity contribution in [1.82, 2.24) is 9.80 Å². The first-order valence-corrected chi connectivity index (χ1v) is 10.4. The van der Waals surface area contributed by atoms with Gasteiger partial charge in [0.05, 0.1) is 13.2 Å². The number of morpholine rings is 1. The van der Waals surface area contributed by atoms with Gasteiger partial charge in [0.25, 0.3) is 5.91 Å². The fourth-order valence-electron chi connectivity index (χ4n) is 4.00. The van der Waals surface area contributed by atoms with E-state index in [-0.39, 0.29) is 12.5 Å². The van der Waals surface area contributed by atoms with E-state index in [4.69, 9.17) is 21.1 Å². The highest BCUT2D eigenvalue weighted by Gasteiger charge is 2.27. The van der Waals surface area contributed by atoms with Crippen LogP contribution in [0.3, 0.4) is 0 Å². The normalized spacial score (nSPS) is 21.3. The summed E-state index contributed by atoms with van der Waals surface area (Å²) in [6, 6.07) is 4.12. The zero-order valence-electron chi connectivity index (χ0n) is 16.5. The van der Waals surface area contributed by atoms with E-state index in [2.05, 4.69) is 4.90 Å². The molecule has 0 saturated carbocycles. The van der Waals surface area contributed by atoms with E-state index >= 15 is 0 Å². The van der Waals surface area contributed by atoms with Gasteiger partial charge in [-0.2, -0.15) is 0 Å². The summed E-state index contributed by atoms with van der Waals surface area (Å²) in [6.07, 6.45) is 4.41. The summed E-state index contributed by atoms with van der Waals surface area (Å²) in [4.78, 5) is 17.3. The Balaban J connectivity index is 1.53. The van der Waals surface area contributed by atoms with E-state index in [9.17, 15) is 4.79 Å². The van der Waals surface area contributed by atoms with Crippen LogP contribution in [0, 0.1) is 13.8 Å². The van der Waals surface area contributed by atoms with Crippen molar-refractivity contribution in [3.63, 3.8) is 0 Å². The maximum atomic E-state index is 12.8. The molecule has 6 heteroatoms. The van der Waals surface area contributed by atoms with Gasteiger partial charge in [-0.15, -0.1) is 0 Å². The third-order valence-corrected chi connectivity index (χ3v) is 6.20. The molecule has 0 bridgehead atoms. The van der Waals surface area contributed by atoms with Gasteiger partial charge >= 0.3 is 0 Å². The van der Waals surface area contributed by atoms with Crippen molar-refractivity contribution >= 4 is 17.5 Å². The zero-order valence-corrected chi connectivity index (χ0v) is 17.3. The maximum absolute atomic E-state index is 12.8. The van der Waals surface area contributed by atoms with Crippen LogP contribution < -0.4 is 4.74 Å². The van der Waals surface area contributed by atoms with Crippen molar-refractivity contribution in [2.24, 2.45) is 0 Å². The van der Waals surface area contributed by atoms with Gasteiger partial charge in [0, 0.05) is 37.2 Å². The molecule has 1 amide bonds. The molecule has 2 saturated heterocycles. The Kier molecular flexibility index (Phi) is 7.39. The molecule has 0 N–H and O–H groups in total. The van der Waals surface area contributed by atoms with Crippen LogP contribution in [0.15, 0.2) is 12.1 Å². The minimum Gasteiger partial charge on any atom is -0.484 e. The fourth-order valence-corrected chi connectivity index (χ4v) is 4.11. The number of benzene rings is 1. The molecule has 0 radical (unpaired) electrons. The van der Waals surface area contributed by atoms with Gasteiger partial charge < -0.3 is 14.4 Å². The van der Waals surface area contributed by atoms with Crippen molar-refractivity contribution in [1.29, 1.82) is 0 Å². The maximum Gasteiger partial charge on any atom is 0.260 e. The van der Waals surface area contributed by atoms with Crippen molar-refractivity contribution in [2.45, 2.75) is 45.6 Å². The number of amides is 1. The molecule has 150 valence electrons. The van der Waals surface area contributed by atoms with E-state index in [0.29, 0.717) is 11.8 Å². The van der Waals surface area contributed by atoms with Gasteiger partial charge in [-0.3, -0.25) is 9.69 Å². The van der Waals surface area contributed by atoms with Crippen LogP contribution in [-0.2, 0) is 9.53 Å². The number of ether oxygens (including phenoxy) is 2. The molecular formula is C21H31ClN2O3. The standard InChI is InChI=1S/C21H31ClN2O3/c1-16-13-19(14-17(2)21(16)22)27-15-20(25)24-7-4-3-5-18(24)6-8-23-9-11-26-12-10-23/h13-14,18H,3-12,15H2,1-2H3/t18-/m1/s1. The Hall–Kier alpha value is -1.30. The first-order valence-electron chi connectivity index (χ1n) is 10.0. The van der Waals surface area contributed by atoms with Crippen molar-refractivity contribution in [3.8, 4) is 5.75 Å². The minimum absolute atomic E-state index is 0.0898. The Morgan fingerprint density at radius 3 is 2.59 bits per heavy atom. The molecule has 27 heavy (non-hydrogen) atoms. The van der Waals surface area contributed by atoms with Gasteiger partial charge in [0.1, 0.15) is 5.75 Å². The van der Waals surface area contributed by atoms with Gasteiger partial charge in [0.2, 0.25) is 0 Å². The highest BCUT2D eigenvalue weighted by atomic mass is 35.5. The quantitative estimate of drug-likeness (QED) is 0.741. The Bertz CT molecular complexity index is 623. The molecule has 1 aromatic carbocycles. The molecule has 2 aliphatic heterocycles. The Morgan fingerprint density at radius 1 is 1.19 bits per heavy atom. The molecular weight excluding hydrogens is 364 g/mol. The van der Waals surface area contributed by atoms with Crippen LogP contribution in [0.25, 0.3) is 0 Å². The van der Waals surface area contributed by atoms with Crippen LogP contribution >= 0.6 is 11.6 Å². The molecule has 3 rings (SSSR count). The van der Waals surface area contributed by atoms with Gasteiger partial charge in [-0.05, 0) is 62.8 Å². The first-order chi connectivity index (χ1) is 13.0. The Labute approximate surface area is 167 Å². The third kappa shape index (κ3) is 5.59. The van der Waals surface area contributed by atoms with Crippen LogP contribution in [0.4, 0.5) is 0 Å². The number of nitrogens with zero attached hydrogens (tertiary/aromatic N) is 2. The van der Waals surface area contributed by atoms with Crippen LogP contribution in [-0.4, -0.2) is 67.7 Å². The highest BCUT2D eigenvalue weighted by molar-refractivity contribution is 6.32. The molecule has 0 spiro atoms. The largest absolute Gasteiger partial charge is 0.484 e. The molecule has 1 aromatic rings. The summed E-state index contributed by atoms with van der Waals surface area (Å²) >= 11 is 6.21. The topological polar surface area (TPSA) is 42.0 Å². The molecule has 0 aliphatic carbocycles. The molecule has 2 fully saturated rings. The molecule has 2 aliphatic rings. The summed E-state index contributed by atoms with van der Waals surface area (Å²) < 4.78 is 11.2. The minimum atomic E-state index is 0.0898. The third-order valence-electron chi connectivity index (χ3n) is 5.60. The van der Waals surface area contributed by atoms with Crippen molar-refractivity contribution in [3.05, 3.63) is 28.3 Å². The van der Waals surface area contributed by atoms with Crippen LogP contribution in [0.2, 0.25) is 5.02 Å². The van der Waals surface area contributed by atoms with Crippen LogP contribution in [0.5, 0.6) is 5.75 Å². The SMILES string of the molecule is Cc1cc(OCC(=O)N2CCCC[C@@H]2CCN2CCOCC2)cc(C)c1Cl. The second-order valence-electron chi connectivity index (χ2n) is 7.64. The second-order valence-corrected chi connectivity index (χ2v) is 8.02. The van der Waals surface area contributed by atoms with E-state index in [0.717, 1.165) is 74.8 Å². The first kappa shape index (κ1) is 20.4. The van der Waals surface area contributed by atoms with E-state index in [1.807, 2.05) is 30.9 Å². The number of hydrogen-bond donors (Lipinski definition) is 0. The number of piperidine rings is 1. The molecule has 0 aromatic heterocycles. The van der Waals surface area contributed by atoms with Gasteiger partial charge in [0.15, 0.2) is 6.61 Å². The monoisotopic (exact) mass is 394 g/mol. The molecule has 0 unspecified atom stereocenters. The second kappa shape index (κ2) is 9.76. The number of halogens is 1. The fraction of sp³-hybridized carbons (Fsp3) is 0.667. The lowest BCUT2D eigenvalue weighted by Gasteiger charge is -2.37. The summed E-state index contributed by atoms with van der Waals surface area (Å²) in [5.41, 5.74) is 1.95. The molecule has 2 heterocycles. The van der Waals surface area contributed by atoms with Gasteiger partial charge in [-0.25, -0.2) is 0 Å². The lowest BCUT2D eigenvalue weighted by atomic mass is 9.99. The number of hydrogen-bond acceptors (Lipinski definition) is 4. The summed E-state index contributed by atoms with van der Waals surface area (Å²) in [5, 5.41) is 0.757. The number of aryl methyl sites for hydroxylation is 2. The smallest absolute Gasteiger partial charge is 0.260 e. The van der Waals surface area contributed by atoms with Gasteiger partial charge in [-0.1, -0.05) is 11.6 Å². The van der Waals surface area contributed by atoms with E-state index in [1.165, 1.54) is 6.42 Å². The summed E-state index contributed by atoms with van der Waals surface area (Å²) in [7, 11) is 0. The number of likely N-dealkylation sites (tertiary alicyclic amines) is 1. The number of rotatable bonds is 6. The van der Waals surface area contributed by atoms with Crippen LogP contribution in [0.1, 0.15) is 36.8 Å². The molecule has 1 atom stereocenters. The predicted molar refractivity (Wildman–Crippen MR) is 108 cm³/mol. The zero-order chi connectivity index (χ0) is 19.2. The lowest BCUT2D eigenvalue weighted by molar-refractivity contribution is -0.137. The van der Waals surface area contributed by atoms with Crippen molar-refractivity contribution in [2.75, 3.05) is 46.0 Å². The summed E-state index contributed by atoms with van der Waals surface area (Å²) in [6.45, 7) is 9.52. The number of carbonyl (C=O) groups excluding carboxylic acids is 1. The predicted octanol–water partition coefficient (Wildman–Crippen LogP) is 3.44. The average molecular weight is 395 g/mol. The highest BCUT2D eigenvalue weighted by Crippen LogP contribution is 2.26. The van der Waals surface area contributed by atoms with Crippen molar-refractivity contribution < 1.29 is 14.3 Å². The Morgan fingerprint density at radius 2 is 1.89 bits per heavy atom. The number of carbonyl (C=O) groups is 1. The average Bonchev–Trinajstić information content (AvgIpc) is 2.69. The molecule has 5 nitrogen and oxygen atoms in total. The lowest BCUT2D eigenvalue weighted by Crippen LogP contribution is -2.47. The summed E-state index contributed by atoms with van der Waals surface area (Å²) in [5.74, 6) is 0.802.